The Kier molecular flexibility index (Phi) is 4.93. The Balaban J connectivity index is 1.81. The van der Waals surface area contributed by atoms with Crippen LogP contribution in [0.1, 0.15) is 29.8 Å². The number of nitrogens with zero attached hydrogens (tertiary/aromatic N) is 3. The fraction of sp³-hybridized carbons (Fsp3) is 0.350. The number of aromatic nitrogens is 1. The average Bonchev–Trinajstić information content (AvgIpc) is 3.03. The maximum absolute atomic E-state index is 12.7. The van der Waals surface area contributed by atoms with Crippen molar-refractivity contribution in [2.45, 2.75) is 20.3 Å². The third-order valence-electron chi connectivity index (χ3n) is 4.45. The van der Waals surface area contributed by atoms with E-state index in [1.54, 1.807) is 18.3 Å². The van der Waals surface area contributed by atoms with Crippen LogP contribution in [0.25, 0.3) is 0 Å². The van der Waals surface area contributed by atoms with Crippen molar-refractivity contribution in [3.05, 3.63) is 47.7 Å². The Morgan fingerprint density at radius 2 is 2.00 bits per heavy atom. The number of benzene rings is 1. The Morgan fingerprint density at radius 1 is 1.23 bits per heavy atom. The van der Waals surface area contributed by atoms with Crippen LogP contribution in [-0.2, 0) is 11.2 Å². The molecular formula is C20H24N4O2. The molecule has 0 atom stereocenters. The molecule has 6 heteroatoms. The predicted octanol–water partition coefficient (Wildman–Crippen LogP) is 2.95. The number of rotatable bonds is 4. The van der Waals surface area contributed by atoms with Gasteiger partial charge in [0.1, 0.15) is 5.82 Å². The average molecular weight is 352 g/mol. The van der Waals surface area contributed by atoms with Crippen LogP contribution >= 0.6 is 0 Å². The summed E-state index contributed by atoms with van der Waals surface area (Å²) in [4.78, 5) is 32.9. The zero-order valence-electron chi connectivity index (χ0n) is 15.6. The molecule has 1 aromatic carbocycles. The van der Waals surface area contributed by atoms with Gasteiger partial charge in [0.2, 0.25) is 5.91 Å². The van der Waals surface area contributed by atoms with Gasteiger partial charge in [0, 0.05) is 44.1 Å². The molecule has 0 aliphatic carbocycles. The molecule has 3 rings (SSSR count). The topological polar surface area (TPSA) is 65.5 Å². The van der Waals surface area contributed by atoms with Gasteiger partial charge in [-0.15, -0.1) is 0 Å². The molecule has 2 amide bonds. The van der Waals surface area contributed by atoms with E-state index < -0.39 is 0 Å². The molecule has 1 aliphatic rings. The van der Waals surface area contributed by atoms with Gasteiger partial charge in [0.15, 0.2) is 0 Å². The van der Waals surface area contributed by atoms with Crippen LogP contribution in [0, 0.1) is 5.92 Å². The Labute approximate surface area is 153 Å². The maximum Gasteiger partial charge on any atom is 0.259 e. The largest absolute Gasteiger partial charge is 0.362 e. The Morgan fingerprint density at radius 3 is 2.69 bits per heavy atom. The fourth-order valence-corrected chi connectivity index (χ4v) is 3.15. The van der Waals surface area contributed by atoms with E-state index in [4.69, 9.17) is 0 Å². The first-order chi connectivity index (χ1) is 12.4. The highest BCUT2D eigenvalue weighted by Crippen LogP contribution is 2.31. The monoisotopic (exact) mass is 352 g/mol. The molecule has 1 aliphatic heterocycles. The van der Waals surface area contributed by atoms with E-state index in [-0.39, 0.29) is 17.7 Å². The molecule has 0 saturated heterocycles. The zero-order chi connectivity index (χ0) is 18.8. The summed E-state index contributed by atoms with van der Waals surface area (Å²) in [5.41, 5.74) is 3.27. The minimum Gasteiger partial charge on any atom is -0.362 e. The van der Waals surface area contributed by atoms with Crippen LogP contribution in [0.3, 0.4) is 0 Å². The predicted molar refractivity (Wildman–Crippen MR) is 104 cm³/mol. The summed E-state index contributed by atoms with van der Waals surface area (Å²) in [5, 5.41) is 2.94. The van der Waals surface area contributed by atoms with Crippen molar-refractivity contribution in [3.8, 4) is 0 Å². The maximum atomic E-state index is 12.7. The van der Waals surface area contributed by atoms with Crippen LogP contribution in [-0.4, -0.2) is 37.4 Å². The first-order valence-electron chi connectivity index (χ1n) is 8.76. The van der Waals surface area contributed by atoms with Gasteiger partial charge in [-0.05, 0) is 42.3 Å². The number of nitrogens with one attached hydrogen (secondary N) is 1. The molecular weight excluding hydrogens is 328 g/mol. The van der Waals surface area contributed by atoms with Crippen molar-refractivity contribution in [2.75, 3.05) is 35.8 Å². The van der Waals surface area contributed by atoms with E-state index in [0.717, 1.165) is 23.4 Å². The summed E-state index contributed by atoms with van der Waals surface area (Å²) in [7, 11) is 3.71. The highest BCUT2D eigenvalue weighted by molar-refractivity contribution is 6.07. The van der Waals surface area contributed by atoms with E-state index in [2.05, 4.69) is 10.3 Å². The lowest BCUT2D eigenvalue weighted by Gasteiger charge is -2.20. The van der Waals surface area contributed by atoms with Crippen LogP contribution in [0.15, 0.2) is 36.5 Å². The summed E-state index contributed by atoms with van der Waals surface area (Å²) in [6.07, 6.45) is 2.47. The molecule has 1 N–H and O–H groups in total. The molecule has 0 radical (unpaired) electrons. The van der Waals surface area contributed by atoms with Crippen LogP contribution in [0.2, 0.25) is 0 Å². The summed E-state index contributed by atoms with van der Waals surface area (Å²) in [6, 6.07) is 9.21. The standard InChI is InChI=1S/C20H24N4O2/c1-13(2)20(26)24-11-9-14-12-15(7-8-17(14)24)22-19(25)16-6-5-10-21-18(16)23(3)4/h5-8,10,12-13H,9,11H2,1-4H3,(H,22,25). The highest BCUT2D eigenvalue weighted by atomic mass is 16.2. The third kappa shape index (κ3) is 3.40. The summed E-state index contributed by atoms with van der Waals surface area (Å²) >= 11 is 0. The van der Waals surface area contributed by atoms with Crippen molar-refractivity contribution in [1.29, 1.82) is 0 Å². The molecule has 2 heterocycles. The molecule has 136 valence electrons. The van der Waals surface area contributed by atoms with E-state index in [1.165, 1.54) is 0 Å². The molecule has 0 bridgehead atoms. The summed E-state index contributed by atoms with van der Waals surface area (Å²) in [6.45, 7) is 4.51. The zero-order valence-corrected chi connectivity index (χ0v) is 15.6. The van der Waals surface area contributed by atoms with E-state index in [1.807, 2.05) is 55.9 Å². The lowest BCUT2D eigenvalue weighted by molar-refractivity contribution is -0.121. The number of carbonyl (C=O) groups excluding carboxylic acids is 2. The summed E-state index contributed by atoms with van der Waals surface area (Å²) in [5.74, 6) is 0.525. The van der Waals surface area contributed by atoms with Gasteiger partial charge in [0.25, 0.3) is 5.91 Å². The third-order valence-corrected chi connectivity index (χ3v) is 4.45. The minimum atomic E-state index is -0.199. The number of carbonyl (C=O) groups is 2. The lowest BCUT2D eigenvalue weighted by Crippen LogP contribution is -2.32. The van der Waals surface area contributed by atoms with Crippen molar-refractivity contribution < 1.29 is 9.59 Å². The number of anilines is 3. The van der Waals surface area contributed by atoms with Gasteiger partial charge in [-0.25, -0.2) is 4.98 Å². The van der Waals surface area contributed by atoms with Gasteiger partial charge in [-0.1, -0.05) is 13.8 Å². The van der Waals surface area contributed by atoms with Gasteiger partial charge in [0.05, 0.1) is 5.56 Å². The molecule has 0 saturated carbocycles. The van der Waals surface area contributed by atoms with Crippen LogP contribution in [0.4, 0.5) is 17.2 Å². The SMILES string of the molecule is CC(C)C(=O)N1CCc2cc(NC(=O)c3cccnc3N(C)C)ccc21. The van der Waals surface area contributed by atoms with Gasteiger partial charge in [-0.3, -0.25) is 9.59 Å². The molecule has 1 aromatic heterocycles. The molecule has 6 nitrogen and oxygen atoms in total. The normalized spacial score (nSPS) is 12.9. The minimum absolute atomic E-state index is 0.0321. The van der Waals surface area contributed by atoms with Gasteiger partial charge < -0.3 is 15.1 Å². The molecule has 0 spiro atoms. The van der Waals surface area contributed by atoms with Gasteiger partial charge in [-0.2, -0.15) is 0 Å². The van der Waals surface area contributed by atoms with Crippen molar-refractivity contribution in [3.63, 3.8) is 0 Å². The smallest absolute Gasteiger partial charge is 0.259 e. The second kappa shape index (κ2) is 7.15. The van der Waals surface area contributed by atoms with E-state index in [0.29, 0.717) is 17.9 Å². The number of amides is 2. The summed E-state index contributed by atoms with van der Waals surface area (Å²) < 4.78 is 0. The number of fused-ring (bicyclic) bond motifs is 1. The number of hydrogen-bond acceptors (Lipinski definition) is 4. The highest BCUT2D eigenvalue weighted by Gasteiger charge is 2.26. The van der Waals surface area contributed by atoms with Crippen molar-refractivity contribution >= 4 is 29.0 Å². The number of hydrogen-bond donors (Lipinski definition) is 1. The quantitative estimate of drug-likeness (QED) is 0.919. The molecule has 2 aromatic rings. The number of pyridine rings is 1. The second-order valence-electron chi connectivity index (χ2n) is 6.96. The first kappa shape index (κ1) is 17.9. The van der Waals surface area contributed by atoms with Gasteiger partial charge >= 0.3 is 0 Å². The van der Waals surface area contributed by atoms with E-state index >= 15 is 0 Å². The van der Waals surface area contributed by atoms with Crippen molar-refractivity contribution in [1.82, 2.24) is 4.98 Å². The lowest BCUT2D eigenvalue weighted by atomic mass is 10.1. The first-order valence-corrected chi connectivity index (χ1v) is 8.76. The van der Waals surface area contributed by atoms with Crippen molar-refractivity contribution in [2.24, 2.45) is 5.92 Å². The van der Waals surface area contributed by atoms with Crippen LogP contribution in [0.5, 0.6) is 0 Å². The van der Waals surface area contributed by atoms with E-state index in [9.17, 15) is 9.59 Å². The Bertz CT molecular complexity index is 845. The van der Waals surface area contributed by atoms with Crippen LogP contribution < -0.4 is 15.1 Å². The molecule has 0 fully saturated rings. The molecule has 0 unspecified atom stereocenters. The Hall–Kier alpha value is -2.89. The fourth-order valence-electron chi connectivity index (χ4n) is 3.15. The second-order valence-corrected chi connectivity index (χ2v) is 6.96. The molecule has 26 heavy (non-hydrogen) atoms.